The highest BCUT2D eigenvalue weighted by atomic mass is 16.5. The summed E-state index contributed by atoms with van der Waals surface area (Å²) < 4.78 is 5.62. The molecular formula is C17H25NO4. The van der Waals surface area contributed by atoms with E-state index in [9.17, 15) is 9.59 Å². The van der Waals surface area contributed by atoms with Crippen molar-refractivity contribution in [3.63, 3.8) is 0 Å². The van der Waals surface area contributed by atoms with E-state index < -0.39 is 24.0 Å². The van der Waals surface area contributed by atoms with Crippen LogP contribution in [0.3, 0.4) is 0 Å². The van der Waals surface area contributed by atoms with Gasteiger partial charge in [0.15, 0.2) is 6.10 Å². The second-order valence-electron chi connectivity index (χ2n) is 6.06. The molecule has 0 aliphatic rings. The first kappa shape index (κ1) is 18.0. The molecule has 22 heavy (non-hydrogen) atoms. The third-order valence-corrected chi connectivity index (χ3v) is 3.44. The minimum absolute atomic E-state index is 0.196. The second kappa shape index (κ2) is 7.82. The molecule has 1 rings (SSSR count). The fourth-order valence-corrected chi connectivity index (χ4v) is 1.99. The standard InChI is InChI=1S/C17H25NO4/c1-10(2)13-7-6-8-14(9-13)22-12(5)16(19)18-15(11(3)4)17(20)21/h6-12,15H,1-5H3,(H,18,19)(H,20,21)/t12?,15-/m1/s1. The molecule has 1 amide bonds. The van der Waals surface area contributed by atoms with E-state index in [2.05, 4.69) is 19.2 Å². The van der Waals surface area contributed by atoms with Crippen molar-refractivity contribution in [2.45, 2.75) is 52.7 Å². The number of ether oxygens (including phenoxy) is 1. The van der Waals surface area contributed by atoms with Crippen LogP contribution in [0.25, 0.3) is 0 Å². The largest absolute Gasteiger partial charge is 0.481 e. The van der Waals surface area contributed by atoms with Crippen molar-refractivity contribution in [1.29, 1.82) is 0 Å². The van der Waals surface area contributed by atoms with E-state index in [0.29, 0.717) is 11.7 Å². The van der Waals surface area contributed by atoms with Crippen molar-refractivity contribution in [3.05, 3.63) is 29.8 Å². The van der Waals surface area contributed by atoms with Crippen molar-refractivity contribution >= 4 is 11.9 Å². The SMILES string of the molecule is CC(Oc1cccc(C(C)C)c1)C(=O)N[C@@H](C(=O)O)C(C)C. The predicted octanol–water partition coefficient (Wildman–Crippen LogP) is 2.80. The van der Waals surface area contributed by atoms with Crippen LogP contribution >= 0.6 is 0 Å². The first-order valence-electron chi connectivity index (χ1n) is 7.52. The monoisotopic (exact) mass is 307 g/mol. The molecule has 0 radical (unpaired) electrons. The molecule has 0 aliphatic heterocycles. The molecule has 0 fully saturated rings. The fraction of sp³-hybridized carbons (Fsp3) is 0.529. The molecule has 1 unspecified atom stereocenters. The minimum atomic E-state index is -1.04. The van der Waals surface area contributed by atoms with Crippen LogP contribution in [0.4, 0.5) is 0 Å². The van der Waals surface area contributed by atoms with Gasteiger partial charge in [0, 0.05) is 0 Å². The van der Waals surface area contributed by atoms with E-state index in [4.69, 9.17) is 9.84 Å². The molecule has 2 N–H and O–H groups in total. The first-order chi connectivity index (χ1) is 10.2. The van der Waals surface area contributed by atoms with Crippen LogP contribution < -0.4 is 10.1 Å². The molecular weight excluding hydrogens is 282 g/mol. The van der Waals surface area contributed by atoms with E-state index >= 15 is 0 Å². The number of amides is 1. The number of carboxylic acid groups (broad SMARTS) is 1. The van der Waals surface area contributed by atoms with Gasteiger partial charge in [-0.25, -0.2) is 4.79 Å². The Labute approximate surface area is 131 Å². The number of hydrogen-bond donors (Lipinski definition) is 2. The molecule has 0 spiro atoms. The smallest absolute Gasteiger partial charge is 0.326 e. The van der Waals surface area contributed by atoms with E-state index in [1.807, 2.05) is 18.2 Å². The zero-order valence-corrected chi connectivity index (χ0v) is 13.8. The van der Waals surface area contributed by atoms with E-state index in [1.165, 1.54) is 0 Å². The average molecular weight is 307 g/mol. The number of nitrogens with one attached hydrogen (secondary N) is 1. The number of hydrogen-bond acceptors (Lipinski definition) is 3. The quantitative estimate of drug-likeness (QED) is 0.812. The van der Waals surface area contributed by atoms with Crippen LogP contribution in [0, 0.1) is 5.92 Å². The lowest BCUT2D eigenvalue weighted by molar-refractivity contribution is -0.144. The van der Waals surface area contributed by atoms with Crippen LogP contribution in [0.1, 0.15) is 46.1 Å². The maximum Gasteiger partial charge on any atom is 0.326 e. The third kappa shape index (κ3) is 5.06. The Hall–Kier alpha value is -2.04. The molecule has 0 saturated heterocycles. The fourth-order valence-electron chi connectivity index (χ4n) is 1.99. The van der Waals surface area contributed by atoms with Crippen LogP contribution in [0.5, 0.6) is 5.75 Å². The van der Waals surface area contributed by atoms with Crippen LogP contribution in [0.15, 0.2) is 24.3 Å². The highest BCUT2D eigenvalue weighted by Crippen LogP contribution is 2.21. The summed E-state index contributed by atoms with van der Waals surface area (Å²) in [5.41, 5.74) is 1.12. The van der Waals surface area contributed by atoms with Crippen LogP contribution in [-0.4, -0.2) is 29.1 Å². The van der Waals surface area contributed by atoms with Crippen molar-refractivity contribution in [2.75, 3.05) is 0 Å². The topological polar surface area (TPSA) is 75.6 Å². The second-order valence-corrected chi connectivity index (χ2v) is 6.06. The Morgan fingerprint density at radius 2 is 1.77 bits per heavy atom. The molecule has 1 aromatic rings. The van der Waals surface area contributed by atoms with Crippen LogP contribution in [0.2, 0.25) is 0 Å². The molecule has 5 heteroatoms. The predicted molar refractivity (Wildman–Crippen MR) is 85.0 cm³/mol. The Morgan fingerprint density at radius 1 is 1.14 bits per heavy atom. The summed E-state index contributed by atoms with van der Waals surface area (Å²) in [4.78, 5) is 23.2. The van der Waals surface area contributed by atoms with Gasteiger partial charge in [-0.15, -0.1) is 0 Å². The average Bonchev–Trinajstić information content (AvgIpc) is 2.43. The minimum Gasteiger partial charge on any atom is -0.481 e. The lowest BCUT2D eigenvalue weighted by Crippen LogP contribution is -2.48. The number of rotatable bonds is 7. The van der Waals surface area contributed by atoms with E-state index in [-0.39, 0.29) is 5.92 Å². The molecule has 0 bridgehead atoms. The highest BCUT2D eigenvalue weighted by molar-refractivity contribution is 5.86. The number of benzene rings is 1. The Kier molecular flexibility index (Phi) is 6.40. The zero-order valence-electron chi connectivity index (χ0n) is 13.8. The van der Waals surface area contributed by atoms with Crippen molar-refractivity contribution in [2.24, 2.45) is 5.92 Å². The maximum atomic E-state index is 12.1. The van der Waals surface area contributed by atoms with Crippen molar-refractivity contribution in [1.82, 2.24) is 5.32 Å². The van der Waals surface area contributed by atoms with Gasteiger partial charge < -0.3 is 15.2 Å². The highest BCUT2D eigenvalue weighted by Gasteiger charge is 2.26. The summed E-state index contributed by atoms with van der Waals surface area (Å²) in [7, 11) is 0. The van der Waals surface area contributed by atoms with Gasteiger partial charge in [-0.3, -0.25) is 4.79 Å². The van der Waals surface area contributed by atoms with Gasteiger partial charge in [-0.1, -0.05) is 39.8 Å². The summed E-state index contributed by atoms with van der Waals surface area (Å²) in [6, 6.07) is 6.64. The number of carbonyl (C=O) groups excluding carboxylic acids is 1. The summed E-state index contributed by atoms with van der Waals surface area (Å²) in [5.74, 6) is -0.707. The molecule has 0 saturated carbocycles. The summed E-state index contributed by atoms with van der Waals surface area (Å²) >= 11 is 0. The third-order valence-electron chi connectivity index (χ3n) is 3.44. The van der Waals surface area contributed by atoms with E-state index in [0.717, 1.165) is 5.56 Å². The Bertz CT molecular complexity index is 525. The number of carboxylic acids is 1. The van der Waals surface area contributed by atoms with E-state index in [1.54, 1.807) is 26.8 Å². The van der Waals surface area contributed by atoms with Gasteiger partial charge in [-0.05, 0) is 36.5 Å². The zero-order chi connectivity index (χ0) is 16.9. The summed E-state index contributed by atoms with van der Waals surface area (Å²) in [6.07, 6.45) is -0.761. The van der Waals surface area contributed by atoms with Gasteiger partial charge in [0.05, 0.1) is 0 Å². The summed E-state index contributed by atoms with van der Waals surface area (Å²) in [6.45, 7) is 9.26. The Morgan fingerprint density at radius 3 is 2.27 bits per heavy atom. The van der Waals surface area contributed by atoms with Gasteiger partial charge in [-0.2, -0.15) is 0 Å². The lowest BCUT2D eigenvalue weighted by Gasteiger charge is -2.21. The molecule has 122 valence electrons. The summed E-state index contributed by atoms with van der Waals surface area (Å²) in [5, 5.41) is 11.6. The van der Waals surface area contributed by atoms with Gasteiger partial charge in [0.25, 0.3) is 5.91 Å². The molecule has 0 aromatic heterocycles. The normalized spacial score (nSPS) is 13.8. The molecule has 0 aliphatic carbocycles. The van der Waals surface area contributed by atoms with Crippen LogP contribution in [-0.2, 0) is 9.59 Å². The number of carbonyl (C=O) groups is 2. The van der Waals surface area contributed by atoms with Gasteiger partial charge >= 0.3 is 5.97 Å². The number of aliphatic carboxylic acids is 1. The lowest BCUT2D eigenvalue weighted by atomic mass is 10.0. The molecule has 5 nitrogen and oxygen atoms in total. The van der Waals surface area contributed by atoms with Crippen molar-refractivity contribution in [3.8, 4) is 5.75 Å². The molecule has 0 heterocycles. The molecule has 2 atom stereocenters. The van der Waals surface area contributed by atoms with Gasteiger partial charge in [0.1, 0.15) is 11.8 Å². The Balaban J connectivity index is 2.71. The van der Waals surface area contributed by atoms with Gasteiger partial charge in [0.2, 0.25) is 0 Å². The maximum absolute atomic E-state index is 12.1. The van der Waals surface area contributed by atoms with Crippen molar-refractivity contribution < 1.29 is 19.4 Å². The molecule has 1 aromatic carbocycles. The first-order valence-corrected chi connectivity index (χ1v) is 7.52.